The van der Waals surface area contributed by atoms with E-state index in [9.17, 15) is 4.79 Å². The SMILES string of the molecule is O=C(O)c1cc(Br)cn1-c1cc(Cl)ccc1Br. The second-order valence-corrected chi connectivity index (χ2v) is 5.52. The van der Waals surface area contributed by atoms with Crippen molar-refractivity contribution < 1.29 is 9.90 Å². The van der Waals surface area contributed by atoms with Crippen LogP contribution in [0, 0.1) is 0 Å². The number of hydrogen-bond donors (Lipinski definition) is 1. The molecule has 0 fully saturated rings. The third-order valence-electron chi connectivity index (χ3n) is 2.17. The maximum Gasteiger partial charge on any atom is 0.352 e. The smallest absolute Gasteiger partial charge is 0.352 e. The van der Waals surface area contributed by atoms with Crippen LogP contribution in [0.5, 0.6) is 0 Å². The highest BCUT2D eigenvalue weighted by molar-refractivity contribution is 9.10. The molecule has 0 radical (unpaired) electrons. The van der Waals surface area contributed by atoms with E-state index in [-0.39, 0.29) is 5.69 Å². The maximum absolute atomic E-state index is 11.1. The van der Waals surface area contributed by atoms with E-state index in [0.29, 0.717) is 15.2 Å². The van der Waals surface area contributed by atoms with Crippen molar-refractivity contribution in [2.75, 3.05) is 0 Å². The number of carboxylic acids is 1. The van der Waals surface area contributed by atoms with Crippen LogP contribution in [0.2, 0.25) is 5.02 Å². The Hall–Kier alpha value is -0.780. The van der Waals surface area contributed by atoms with Crippen LogP contribution in [0.25, 0.3) is 5.69 Å². The number of carboxylic acid groups (broad SMARTS) is 1. The lowest BCUT2D eigenvalue weighted by molar-refractivity contribution is 0.0688. The molecule has 17 heavy (non-hydrogen) atoms. The molecule has 6 heteroatoms. The lowest BCUT2D eigenvalue weighted by atomic mass is 10.3. The van der Waals surface area contributed by atoms with Crippen LogP contribution in [0.4, 0.5) is 0 Å². The number of halogens is 3. The first-order valence-corrected chi connectivity index (χ1v) is 6.52. The largest absolute Gasteiger partial charge is 0.477 e. The number of aromatic nitrogens is 1. The van der Waals surface area contributed by atoms with E-state index in [4.69, 9.17) is 16.7 Å². The van der Waals surface area contributed by atoms with Gasteiger partial charge in [-0.25, -0.2) is 4.79 Å². The van der Waals surface area contributed by atoms with Crippen molar-refractivity contribution in [3.05, 3.63) is 50.1 Å². The van der Waals surface area contributed by atoms with E-state index < -0.39 is 5.97 Å². The molecule has 1 aromatic carbocycles. The number of hydrogen-bond acceptors (Lipinski definition) is 1. The zero-order valence-electron chi connectivity index (χ0n) is 8.32. The van der Waals surface area contributed by atoms with Crippen LogP contribution in [-0.4, -0.2) is 15.6 Å². The van der Waals surface area contributed by atoms with Crippen LogP contribution >= 0.6 is 43.5 Å². The number of nitrogens with zero attached hydrogens (tertiary/aromatic N) is 1. The van der Waals surface area contributed by atoms with Gasteiger partial charge in [0.25, 0.3) is 0 Å². The summed E-state index contributed by atoms with van der Waals surface area (Å²) in [5.41, 5.74) is 0.848. The summed E-state index contributed by atoms with van der Waals surface area (Å²) in [6, 6.07) is 6.74. The minimum absolute atomic E-state index is 0.167. The van der Waals surface area contributed by atoms with Gasteiger partial charge in [-0.1, -0.05) is 11.6 Å². The second-order valence-electron chi connectivity index (χ2n) is 3.31. The van der Waals surface area contributed by atoms with Gasteiger partial charge in [-0.05, 0) is 56.1 Å². The monoisotopic (exact) mass is 377 g/mol. The van der Waals surface area contributed by atoms with Crippen LogP contribution < -0.4 is 0 Å². The van der Waals surface area contributed by atoms with Crippen molar-refractivity contribution in [1.29, 1.82) is 0 Å². The van der Waals surface area contributed by atoms with E-state index >= 15 is 0 Å². The van der Waals surface area contributed by atoms with Crippen LogP contribution in [0.1, 0.15) is 10.5 Å². The zero-order chi connectivity index (χ0) is 12.6. The molecule has 0 unspecified atom stereocenters. The Kier molecular flexibility index (Phi) is 3.61. The number of rotatable bonds is 2. The molecule has 0 bridgehead atoms. The van der Waals surface area contributed by atoms with Gasteiger partial charge >= 0.3 is 5.97 Å². The Morgan fingerprint density at radius 3 is 2.65 bits per heavy atom. The number of benzene rings is 1. The fourth-order valence-electron chi connectivity index (χ4n) is 1.46. The van der Waals surface area contributed by atoms with Gasteiger partial charge in [0.05, 0.1) is 5.69 Å². The molecule has 1 aromatic heterocycles. The first-order chi connectivity index (χ1) is 7.99. The molecule has 0 saturated heterocycles. The number of carbonyl (C=O) groups is 1. The molecule has 0 aliphatic carbocycles. The summed E-state index contributed by atoms with van der Waals surface area (Å²) in [5.74, 6) is -0.998. The van der Waals surface area contributed by atoms with E-state index in [1.807, 2.05) is 0 Å². The Morgan fingerprint density at radius 1 is 1.29 bits per heavy atom. The topological polar surface area (TPSA) is 42.2 Å². The standard InChI is InChI=1S/C11H6Br2ClNO2/c12-6-3-10(11(16)17)15(5-6)9-4-7(14)1-2-8(9)13/h1-5H,(H,16,17). The molecular weight excluding hydrogens is 373 g/mol. The van der Waals surface area contributed by atoms with Gasteiger partial charge in [0, 0.05) is 20.2 Å². The fourth-order valence-corrected chi connectivity index (χ4v) is 2.49. The third-order valence-corrected chi connectivity index (χ3v) is 3.51. The number of aromatic carboxylic acids is 1. The molecule has 0 aliphatic rings. The second kappa shape index (κ2) is 4.84. The first-order valence-electron chi connectivity index (χ1n) is 4.55. The molecule has 2 rings (SSSR count). The lowest BCUT2D eigenvalue weighted by Crippen LogP contribution is -2.06. The van der Waals surface area contributed by atoms with E-state index in [0.717, 1.165) is 4.47 Å². The van der Waals surface area contributed by atoms with Gasteiger partial charge in [0.1, 0.15) is 5.69 Å². The molecule has 0 spiro atoms. The van der Waals surface area contributed by atoms with Gasteiger partial charge in [-0.3, -0.25) is 0 Å². The molecule has 0 saturated carbocycles. The molecular formula is C11H6Br2ClNO2. The van der Waals surface area contributed by atoms with Crippen LogP contribution in [-0.2, 0) is 0 Å². The van der Waals surface area contributed by atoms with E-state index in [2.05, 4.69) is 31.9 Å². The average molecular weight is 379 g/mol. The van der Waals surface area contributed by atoms with E-state index in [1.165, 1.54) is 6.07 Å². The Bertz CT molecular complexity index is 595. The molecule has 88 valence electrons. The van der Waals surface area contributed by atoms with Crippen molar-refractivity contribution in [2.45, 2.75) is 0 Å². The summed E-state index contributed by atoms with van der Waals surface area (Å²) in [4.78, 5) is 11.1. The summed E-state index contributed by atoms with van der Waals surface area (Å²) < 4.78 is 3.02. The lowest BCUT2D eigenvalue weighted by Gasteiger charge is -2.08. The molecule has 0 aliphatic heterocycles. The summed E-state index contributed by atoms with van der Waals surface area (Å²) in [7, 11) is 0. The Morgan fingerprint density at radius 2 is 2.00 bits per heavy atom. The highest BCUT2D eigenvalue weighted by Gasteiger charge is 2.14. The van der Waals surface area contributed by atoms with Gasteiger partial charge in [0.2, 0.25) is 0 Å². The fraction of sp³-hybridized carbons (Fsp3) is 0. The first kappa shape index (κ1) is 12.7. The molecule has 0 amide bonds. The van der Waals surface area contributed by atoms with Gasteiger partial charge < -0.3 is 9.67 Å². The van der Waals surface area contributed by atoms with Crippen molar-refractivity contribution >= 4 is 49.4 Å². The van der Waals surface area contributed by atoms with Crippen molar-refractivity contribution in [3.63, 3.8) is 0 Å². The van der Waals surface area contributed by atoms with Gasteiger partial charge in [-0.2, -0.15) is 0 Å². The normalized spacial score (nSPS) is 10.5. The average Bonchev–Trinajstić information content (AvgIpc) is 2.64. The molecule has 1 heterocycles. The predicted octanol–water partition coefficient (Wildman–Crippen LogP) is 4.35. The van der Waals surface area contributed by atoms with Gasteiger partial charge in [0.15, 0.2) is 0 Å². The molecule has 2 aromatic rings. The zero-order valence-corrected chi connectivity index (χ0v) is 12.3. The van der Waals surface area contributed by atoms with Crippen molar-refractivity contribution in [2.24, 2.45) is 0 Å². The van der Waals surface area contributed by atoms with Gasteiger partial charge in [-0.15, -0.1) is 0 Å². The van der Waals surface area contributed by atoms with Crippen molar-refractivity contribution in [3.8, 4) is 5.69 Å². The molecule has 3 nitrogen and oxygen atoms in total. The minimum Gasteiger partial charge on any atom is -0.477 e. The maximum atomic E-state index is 11.1. The molecule has 0 atom stereocenters. The Balaban J connectivity index is 2.67. The minimum atomic E-state index is -0.998. The highest BCUT2D eigenvalue weighted by Crippen LogP contribution is 2.28. The summed E-state index contributed by atoms with van der Waals surface area (Å²) in [5, 5.41) is 9.66. The molecule has 1 N–H and O–H groups in total. The highest BCUT2D eigenvalue weighted by atomic mass is 79.9. The predicted molar refractivity (Wildman–Crippen MR) is 73.1 cm³/mol. The summed E-state index contributed by atoms with van der Waals surface area (Å²) in [6.07, 6.45) is 1.68. The van der Waals surface area contributed by atoms with Crippen molar-refractivity contribution in [1.82, 2.24) is 4.57 Å². The summed E-state index contributed by atoms with van der Waals surface area (Å²) >= 11 is 12.5. The summed E-state index contributed by atoms with van der Waals surface area (Å²) in [6.45, 7) is 0. The van der Waals surface area contributed by atoms with Crippen LogP contribution in [0.3, 0.4) is 0 Å². The third kappa shape index (κ3) is 2.56. The quantitative estimate of drug-likeness (QED) is 0.843. The van der Waals surface area contributed by atoms with E-state index in [1.54, 1.807) is 29.0 Å². The Labute approximate surface area is 119 Å². The van der Waals surface area contributed by atoms with Crippen LogP contribution in [0.15, 0.2) is 39.4 Å².